The zero-order valence-corrected chi connectivity index (χ0v) is 11.9. The minimum absolute atomic E-state index is 0.125. The van der Waals surface area contributed by atoms with Crippen molar-refractivity contribution in [2.45, 2.75) is 20.3 Å². The van der Waals surface area contributed by atoms with E-state index in [1.165, 1.54) is 0 Å². The van der Waals surface area contributed by atoms with Crippen molar-refractivity contribution in [2.75, 3.05) is 26.4 Å². The summed E-state index contributed by atoms with van der Waals surface area (Å²) in [6.45, 7) is 9.00. The van der Waals surface area contributed by atoms with E-state index in [-0.39, 0.29) is 13.2 Å². The molecule has 0 bridgehead atoms. The van der Waals surface area contributed by atoms with Gasteiger partial charge in [-0.2, -0.15) is 0 Å². The van der Waals surface area contributed by atoms with E-state index in [1.807, 2.05) is 32.0 Å². The second-order valence-electron chi connectivity index (χ2n) is 3.35. The highest BCUT2D eigenvalue weighted by molar-refractivity contribution is 5.32. The van der Waals surface area contributed by atoms with Crippen LogP contribution in [0.4, 0.5) is 0 Å². The fourth-order valence-corrected chi connectivity index (χ4v) is 1.04. The first kappa shape index (κ1) is 20.0. The molecular weight excluding hydrogens is 244 g/mol. The van der Waals surface area contributed by atoms with Crippen molar-refractivity contribution < 1.29 is 20.1 Å². The molecule has 1 aromatic carbocycles. The van der Waals surface area contributed by atoms with E-state index in [0.29, 0.717) is 5.75 Å². The molecule has 0 saturated heterocycles. The van der Waals surface area contributed by atoms with Gasteiger partial charge in [0.05, 0.1) is 13.2 Å². The third kappa shape index (κ3) is 14.6. The van der Waals surface area contributed by atoms with Gasteiger partial charge in [-0.3, -0.25) is 0 Å². The van der Waals surface area contributed by atoms with Gasteiger partial charge in [0.1, 0.15) is 5.75 Å². The van der Waals surface area contributed by atoms with Crippen molar-refractivity contribution in [3.8, 4) is 5.75 Å². The molecule has 0 amide bonds. The number of aliphatic hydroxyl groups is 2. The average molecular weight is 270 g/mol. The van der Waals surface area contributed by atoms with E-state index in [4.69, 9.17) is 14.9 Å². The minimum Gasteiger partial charge on any atom is -0.508 e. The van der Waals surface area contributed by atoms with Crippen LogP contribution in [0.2, 0.25) is 0 Å². The number of para-hydroxylation sites is 1. The highest BCUT2D eigenvalue weighted by Crippen LogP contribution is 2.15. The maximum atomic E-state index is 9.19. The number of allylic oxidation sites excluding steroid dienone is 1. The van der Waals surface area contributed by atoms with Crippen LogP contribution in [0, 0.1) is 0 Å². The summed E-state index contributed by atoms with van der Waals surface area (Å²) < 4.78 is 4.83. The van der Waals surface area contributed by atoms with Crippen molar-refractivity contribution in [3.63, 3.8) is 0 Å². The molecule has 0 spiro atoms. The standard InChI is InChI=1S/C9H10O.C4H10O.C2H6O2/c1-2-5-8-6-3-4-7-9(8)10;1-3-5-4-2;3-1-2-4/h2-4,6-7,10H,1,5H2;3-4H2,1-2H3;3-4H,1-2H2. The van der Waals surface area contributed by atoms with E-state index in [9.17, 15) is 5.11 Å². The van der Waals surface area contributed by atoms with Crippen molar-refractivity contribution in [3.05, 3.63) is 42.5 Å². The predicted octanol–water partition coefficient (Wildman–Crippen LogP) is 2.13. The van der Waals surface area contributed by atoms with Crippen LogP contribution in [0.3, 0.4) is 0 Å². The average Bonchev–Trinajstić information content (AvgIpc) is 2.44. The molecule has 0 aliphatic heterocycles. The summed E-state index contributed by atoms with van der Waals surface area (Å²) >= 11 is 0. The summed E-state index contributed by atoms with van der Waals surface area (Å²) in [5, 5.41) is 24.4. The number of ether oxygens (including phenoxy) is 1. The van der Waals surface area contributed by atoms with E-state index in [2.05, 4.69) is 6.58 Å². The molecule has 4 nitrogen and oxygen atoms in total. The van der Waals surface area contributed by atoms with Gasteiger partial charge in [0, 0.05) is 13.2 Å². The molecule has 0 radical (unpaired) electrons. The van der Waals surface area contributed by atoms with Gasteiger partial charge in [-0.15, -0.1) is 6.58 Å². The number of phenolic OH excluding ortho intramolecular Hbond substituents is 1. The molecule has 0 heterocycles. The molecule has 0 atom stereocenters. The Kier molecular flexibility index (Phi) is 17.5. The van der Waals surface area contributed by atoms with E-state index in [0.717, 1.165) is 25.2 Å². The van der Waals surface area contributed by atoms with Crippen LogP contribution in [0.25, 0.3) is 0 Å². The monoisotopic (exact) mass is 270 g/mol. The number of hydrogen-bond donors (Lipinski definition) is 3. The summed E-state index contributed by atoms with van der Waals surface area (Å²) in [6.07, 6.45) is 2.50. The Hall–Kier alpha value is -1.36. The fraction of sp³-hybridized carbons (Fsp3) is 0.467. The zero-order chi connectivity index (χ0) is 14.9. The number of rotatable bonds is 5. The van der Waals surface area contributed by atoms with E-state index >= 15 is 0 Å². The summed E-state index contributed by atoms with van der Waals surface area (Å²) in [6, 6.07) is 7.27. The molecule has 0 fully saturated rings. The first-order chi connectivity index (χ1) is 9.17. The lowest BCUT2D eigenvalue weighted by Crippen LogP contribution is -1.85. The van der Waals surface area contributed by atoms with E-state index in [1.54, 1.807) is 12.1 Å². The first-order valence-corrected chi connectivity index (χ1v) is 6.35. The van der Waals surface area contributed by atoms with Gasteiger partial charge >= 0.3 is 0 Å². The van der Waals surface area contributed by atoms with Crippen LogP contribution in [0.1, 0.15) is 19.4 Å². The van der Waals surface area contributed by atoms with Gasteiger partial charge in [-0.1, -0.05) is 24.3 Å². The van der Waals surface area contributed by atoms with Gasteiger partial charge in [0.15, 0.2) is 0 Å². The Morgan fingerprint density at radius 2 is 1.63 bits per heavy atom. The molecule has 0 aliphatic carbocycles. The predicted molar refractivity (Wildman–Crippen MR) is 78.3 cm³/mol. The Morgan fingerprint density at radius 1 is 1.11 bits per heavy atom. The number of hydrogen-bond acceptors (Lipinski definition) is 4. The van der Waals surface area contributed by atoms with Gasteiger partial charge in [0.25, 0.3) is 0 Å². The van der Waals surface area contributed by atoms with E-state index < -0.39 is 0 Å². The summed E-state index contributed by atoms with van der Waals surface area (Å²) in [5.41, 5.74) is 0.928. The number of aliphatic hydroxyl groups excluding tert-OH is 2. The van der Waals surface area contributed by atoms with Gasteiger partial charge in [0.2, 0.25) is 0 Å². The molecule has 0 unspecified atom stereocenters. The highest BCUT2D eigenvalue weighted by atomic mass is 16.5. The molecule has 0 aliphatic rings. The molecule has 4 heteroatoms. The van der Waals surface area contributed by atoms with Crippen LogP contribution < -0.4 is 0 Å². The SMILES string of the molecule is C=CCc1ccccc1O.CCOCC.OCCO. The smallest absolute Gasteiger partial charge is 0.119 e. The maximum Gasteiger partial charge on any atom is 0.119 e. The lowest BCUT2D eigenvalue weighted by molar-refractivity contribution is 0.162. The normalized spacial score (nSPS) is 8.63. The van der Waals surface area contributed by atoms with Crippen LogP contribution >= 0.6 is 0 Å². The number of aromatic hydroxyl groups is 1. The van der Waals surface area contributed by atoms with Crippen LogP contribution in [0.5, 0.6) is 5.75 Å². The van der Waals surface area contributed by atoms with Gasteiger partial charge < -0.3 is 20.1 Å². The van der Waals surface area contributed by atoms with Gasteiger partial charge in [-0.05, 0) is 31.9 Å². The largest absolute Gasteiger partial charge is 0.508 e. The Morgan fingerprint density at radius 3 is 1.95 bits per heavy atom. The zero-order valence-electron chi connectivity index (χ0n) is 11.9. The Balaban J connectivity index is 0. The molecule has 110 valence electrons. The van der Waals surface area contributed by atoms with Crippen LogP contribution in [-0.4, -0.2) is 41.7 Å². The number of phenols is 1. The second kappa shape index (κ2) is 16.6. The molecule has 3 N–H and O–H groups in total. The van der Waals surface area contributed by atoms with Crippen molar-refractivity contribution in [1.82, 2.24) is 0 Å². The molecule has 1 aromatic rings. The topological polar surface area (TPSA) is 69.9 Å². The minimum atomic E-state index is -0.125. The first-order valence-electron chi connectivity index (χ1n) is 6.35. The summed E-state index contributed by atoms with van der Waals surface area (Å²) in [7, 11) is 0. The van der Waals surface area contributed by atoms with Crippen LogP contribution in [0.15, 0.2) is 36.9 Å². The molecule has 0 aromatic heterocycles. The molecule has 19 heavy (non-hydrogen) atoms. The third-order valence-corrected chi connectivity index (χ3v) is 1.86. The Bertz CT molecular complexity index is 296. The lowest BCUT2D eigenvalue weighted by atomic mass is 10.1. The maximum absolute atomic E-state index is 9.19. The third-order valence-electron chi connectivity index (χ3n) is 1.86. The molecule has 1 rings (SSSR count). The Labute approximate surface area is 116 Å². The molecular formula is C15H26O4. The van der Waals surface area contributed by atoms with Crippen molar-refractivity contribution in [2.24, 2.45) is 0 Å². The highest BCUT2D eigenvalue weighted by Gasteiger charge is 1.93. The van der Waals surface area contributed by atoms with Crippen LogP contribution in [-0.2, 0) is 11.2 Å². The fourth-order valence-electron chi connectivity index (χ4n) is 1.04. The second-order valence-corrected chi connectivity index (χ2v) is 3.35. The summed E-state index contributed by atoms with van der Waals surface area (Å²) in [5.74, 6) is 0.349. The van der Waals surface area contributed by atoms with Gasteiger partial charge in [-0.25, -0.2) is 0 Å². The summed E-state index contributed by atoms with van der Waals surface area (Å²) in [4.78, 5) is 0. The van der Waals surface area contributed by atoms with Crippen molar-refractivity contribution >= 4 is 0 Å². The van der Waals surface area contributed by atoms with Crippen molar-refractivity contribution in [1.29, 1.82) is 0 Å². The quantitative estimate of drug-likeness (QED) is 0.717. The number of benzene rings is 1. The molecule has 0 saturated carbocycles. The lowest BCUT2D eigenvalue weighted by Gasteiger charge is -1.97.